The number of nitrogens with zero attached hydrogens (tertiary/aromatic N) is 2. The lowest BCUT2D eigenvalue weighted by molar-refractivity contribution is 0.171. The van der Waals surface area contributed by atoms with E-state index in [4.69, 9.17) is 15.2 Å². The zero-order valence-corrected chi connectivity index (χ0v) is 12.0. The van der Waals surface area contributed by atoms with Gasteiger partial charge in [-0.1, -0.05) is 0 Å². The third-order valence-corrected chi connectivity index (χ3v) is 3.17. The number of fused-ring (bicyclic) bond motifs is 1. The maximum absolute atomic E-state index is 6.08. The van der Waals surface area contributed by atoms with Gasteiger partial charge in [0.15, 0.2) is 11.5 Å². The summed E-state index contributed by atoms with van der Waals surface area (Å²) in [6, 6.07) is 3.86. The molecule has 0 fully saturated rings. The van der Waals surface area contributed by atoms with Crippen LogP contribution in [0.25, 0.3) is 0 Å². The number of hydrogen-bond acceptors (Lipinski definition) is 5. The van der Waals surface area contributed by atoms with Crippen molar-refractivity contribution in [1.29, 1.82) is 0 Å². The average molecular weight is 265 g/mol. The van der Waals surface area contributed by atoms with Crippen molar-refractivity contribution in [2.75, 3.05) is 53.2 Å². The zero-order chi connectivity index (χ0) is 13.8. The van der Waals surface area contributed by atoms with Gasteiger partial charge in [0.05, 0.1) is 0 Å². The Morgan fingerprint density at radius 1 is 1.05 bits per heavy atom. The van der Waals surface area contributed by atoms with Gasteiger partial charge in [0, 0.05) is 31.4 Å². The number of rotatable bonds is 5. The van der Waals surface area contributed by atoms with Crippen molar-refractivity contribution >= 4 is 5.69 Å². The molecule has 1 heterocycles. The summed E-state index contributed by atoms with van der Waals surface area (Å²) >= 11 is 0. The molecule has 2 N–H and O–H groups in total. The summed E-state index contributed by atoms with van der Waals surface area (Å²) in [5.74, 6) is 1.56. The molecule has 0 amide bonds. The van der Waals surface area contributed by atoms with Crippen LogP contribution in [-0.4, -0.2) is 57.2 Å². The molecule has 0 aromatic heterocycles. The minimum Gasteiger partial charge on any atom is -0.486 e. The SMILES string of the molecule is CN(C)CCN(C)Cc1cc2c(cc1N)OCCO2. The van der Waals surface area contributed by atoms with E-state index in [-0.39, 0.29) is 0 Å². The van der Waals surface area contributed by atoms with Gasteiger partial charge in [-0.25, -0.2) is 0 Å². The Bertz CT molecular complexity index is 435. The number of ether oxygens (including phenoxy) is 2. The number of benzene rings is 1. The van der Waals surface area contributed by atoms with Gasteiger partial charge >= 0.3 is 0 Å². The number of nitrogens with two attached hydrogens (primary N) is 1. The highest BCUT2D eigenvalue weighted by Gasteiger charge is 2.15. The van der Waals surface area contributed by atoms with E-state index in [0.29, 0.717) is 13.2 Å². The Morgan fingerprint density at radius 3 is 2.32 bits per heavy atom. The first kappa shape index (κ1) is 14.0. The van der Waals surface area contributed by atoms with Crippen molar-refractivity contribution in [3.8, 4) is 11.5 Å². The second-order valence-corrected chi connectivity index (χ2v) is 5.24. The van der Waals surface area contributed by atoms with Crippen LogP contribution in [0.5, 0.6) is 11.5 Å². The largest absolute Gasteiger partial charge is 0.486 e. The van der Waals surface area contributed by atoms with Crippen LogP contribution in [0.1, 0.15) is 5.56 Å². The van der Waals surface area contributed by atoms with E-state index in [9.17, 15) is 0 Å². The Morgan fingerprint density at radius 2 is 1.68 bits per heavy atom. The van der Waals surface area contributed by atoms with E-state index in [1.807, 2.05) is 12.1 Å². The van der Waals surface area contributed by atoms with E-state index >= 15 is 0 Å². The molecule has 0 radical (unpaired) electrons. The fraction of sp³-hybridized carbons (Fsp3) is 0.571. The lowest BCUT2D eigenvalue weighted by atomic mass is 10.1. The number of hydrogen-bond donors (Lipinski definition) is 1. The lowest BCUT2D eigenvalue weighted by Gasteiger charge is -2.23. The molecule has 106 valence electrons. The summed E-state index contributed by atoms with van der Waals surface area (Å²) in [4.78, 5) is 4.42. The van der Waals surface area contributed by atoms with E-state index in [1.54, 1.807) is 0 Å². The molecule has 1 aliphatic heterocycles. The van der Waals surface area contributed by atoms with Crippen molar-refractivity contribution in [2.45, 2.75) is 6.54 Å². The van der Waals surface area contributed by atoms with Crippen molar-refractivity contribution in [1.82, 2.24) is 9.80 Å². The van der Waals surface area contributed by atoms with Crippen LogP contribution < -0.4 is 15.2 Å². The van der Waals surface area contributed by atoms with Gasteiger partial charge in [-0.15, -0.1) is 0 Å². The van der Waals surface area contributed by atoms with Gasteiger partial charge in [-0.05, 0) is 32.8 Å². The predicted molar refractivity (Wildman–Crippen MR) is 76.7 cm³/mol. The number of anilines is 1. The van der Waals surface area contributed by atoms with Gasteiger partial charge in [0.25, 0.3) is 0 Å². The van der Waals surface area contributed by atoms with Crippen LogP contribution in [0.2, 0.25) is 0 Å². The second-order valence-electron chi connectivity index (χ2n) is 5.24. The molecule has 0 bridgehead atoms. The molecule has 0 aliphatic carbocycles. The number of likely N-dealkylation sites (N-methyl/N-ethyl adjacent to an activating group) is 2. The molecule has 2 rings (SSSR count). The quantitative estimate of drug-likeness (QED) is 0.806. The molecule has 0 saturated heterocycles. The van der Waals surface area contributed by atoms with Crippen LogP contribution >= 0.6 is 0 Å². The molecule has 1 aliphatic rings. The summed E-state index contributed by atoms with van der Waals surface area (Å²) in [6.45, 7) is 4.04. The molecule has 1 aromatic rings. The fourth-order valence-corrected chi connectivity index (χ4v) is 2.02. The first-order valence-electron chi connectivity index (χ1n) is 6.57. The topological polar surface area (TPSA) is 51.0 Å². The Labute approximate surface area is 114 Å². The maximum atomic E-state index is 6.08. The standard InChI is InChI=1S/C14H23N3O2/c1-16(2)4-5-17(3)10-11-8-13-14(9-12(11)15)19-7-6-18-13/h8-9H,4-7,10,15H2,1-3H3. The minimum atomic E-state index is 0.592. The molecular formula is C14H23N3O2. The molecule has 0 atom stereocenters. The van der Waals surface area contributed by atoms with E-state index < -0.39 is 0 Å². The van der Waals surface area contributed by atoms with Crippen LogP contribution in [0.4, 0.5) is 5.69 Å². The summed E-state index contributed by atoms with van der Waals surface area (Å²) in [5, 5.41) is 0. The highest BCUT2D eigenvalue weighted by molar-refractivity contribution is 5.58. The van der Waals surface area contributed by atoms with E-state index in [1.165, 1.54) is 0 Å². The Kier molecular flexibility index (Phi) is 4.50. The van der Waals surface area contributed by atoms with E-state index in [0.717, 1.165) is 42.4 Å². The highest BCUT2D eigenvalue weighted by Crippen LogP contribution is 2.34. The monoisotopic (exact) mass is 265 g/mol. The van der Waals surface area contributed by atoms with Crippen LogP contribution in [0.15, 0.2) is 12.1 Å². The molecule has 0 spiro atoms. The maximum Gasteiger partial charge on any atom is 0.163 e. The first-order valence-corrected chi connectivity index (χ1v) is 6.57. The van der Waals surface area contributed by atoms with Gasteiger partial charge in [0.1, 0.15) is 13.2 Å². The second kappa shape index (κ2) is 6.12. The zero-order valence-electron chi connectivity index (χ0n) is 12.0. The van der Waals surface area contributed by atoms with E-state index in [2.05, 4.69) is 30.9 Å². The van der Waals surface area contributed by atoms with Crippen molar-refractivity contribution in [3.05, 3.63) is 17.7 Å². The van der Waals surface area contributed by atoms with Crippen molar-refractivity contribution in [2.24, 2.45) is 0 Å². The van der Waals surface area contributed by atoms with Crippen molar-refractivity contribution in [3.63, 3.8) is 0 Å². The minimum absolute atomic E-state index is 0.592. The number of nitrogen functional groups attached to an aromatic ring is 1. The van der Waals surface area contributed by atoms with Crippen LogP contribution in [0, 0.1) is 0 Å². The molecule has 0 unspecified atom stereocenters. The lowest BCUT2D eigenvalue weighted by Crippen LogP contribution is -2.28. The third kappa shape index (κ3) is 3.75. The average Bonchev–Trinajstić information content (AvgIpc) is 2.37. The fourth-order valence-electron chi connectivity index (χ4n) is 2.02. The molecule has 1 aromatic carbocycles. The van der Waals surface area contributed by atoms with Gasteiger partial charge in [-0.2, -0.15) is 0 Å². The smallest absolute Gasteiger partial charge is 0.163 e. The summed E-state index contributed by atoms with van der Waals surface area (Å²) in [6.07, 6.45) is 0. The van der Waals surface area contributed by atoms with Crippen LogP contribution in [0.3, 0.4) is 0 Å². The van der Waals surface area contributed by atoms with Gasteiger partial charge in [-0.3, -0.25) is 0 Å². The molecular weight excluding hydrogens is 242 g/mol. The van der Waals surface area contributed by atoms with Gasteiger partial charge in [0.2, 0.25) is 0 Å². The van der Waals surface area contributed by atoms with Crippen molar-refractivity contribution < 1.29 is 9.47 Å². The summed E-state index contributed by atoms with van der Waals surface area (Å²) in [7, 11) is 6.25. The van der Waals surface area contributed by atoms with Crippen LogP contribution in [-0.2, 0) is 6.54 Å². The molecule has 0 saturated carbocycles. The normalized spacial score (nSPS) is 14.2. The van der Waals surface area contributed by atoms with Gasteiger partial charge < -0.3 is 25.0 Å². The summed E-state index contributed by atoms with van der Waals surface area (Å²) < 4.78 is 11.1. The highest BCUT2D eigenvalue weighted by atomic mass is 16.6. The Hall–Kier alpha value is -1.46. The molecule has 5 heteroatoms. The molecule has 19 heavy (non-hydrogen) atoms. The predicted octanol–water partition coefficient (Wildman–Crippen LogP) is 1.03. The Balaban J connectivity index is 2.03. The third-order valence-electron chi connectivity index (χ3n) is 3.17. The molecule has 5 nitrogen and oxygen atoms in total. The first-order chi connectivity index (χ1) is 9.06. The summed E-state index contributed by atoms with van der Waals surface area (Å²) in [5.41, 5.74) is 7.93.